The number of aryl methyl sites for hydroxylation is 2. The van der Waals surface area contributed by atoms with Crippen LogP contribution in [0.4, 0.5) is 0 Å². The van der Waals surface area contributed by atoms with Crippen molar-refractivity contribution >= 4 is 23.0 Å². The van der Waals surface area contributed by atoms with Crippen molar-refractivity contribution in [3.05, 3.63) is 49.3 Å². The summed E-state index contributed by atoms with van der Waals surface area (Å²) in [6, 6.07) is 1.48. The topological polar surface area (TPSA) is 95.2 Å². The van der Waals surface area contributed by atoms with E-state index < -0.39 is 11.5 Å². The minimum Gasteiger partial charge on any atom is -0.352 e. The van der Waals surface area contributed by atoms with Gasteiger partial charge in [0.15, 0.2) is 5.78 Å². The molecule has 2 aromatic heterocycles. The standard InChI is InChI=1S/C22H28N4O3S/c1-2-20-24-15(13-30-20)12-26-8-6-14(7-9-26)11-23-21(28)17-10-16-18(25-22(17)29)4-3-5-19(16)27/h10,13-14H,2-9,11-12H2,1H3,(H,23,28)(H,25,29). The second kappa shape index (κ2) is 9.22. The van der Waals surface area contributed by atoms with Crippen molar-refractivity contribution in [1.29, 1.82) is 0 Å². The molecule has 3 heterocycles. The molecule has 4 rings (SSSR count). The molecule has 30 heavy (non-hydrogen) atoms. The van der Waals surface area contributed by atoms with Gasteiger partial charge in [-0.05, 0) is 57.2 Å². The van der Waals surface area contributed by atoms with Gasteiger partial charge in [-0.1, -0.05) is 6.92 Å². The number of H-pyrrole nitrogens is 1. The fourth-order valence-electron chi connectivity index (χ4n) is 4.24. The number of amides is 1. The summed E-state index contributed by atoms with van der Waals surface area (Å²) >= 11 is 1.72. The van der Waals surface area contributed by atoms with Gasteiger partial charge in [0.25, 0.3) is 11.5 Å². The lowest BCUT2D eigenvalue weighted by Gasteiger charge is -2.31. The van der Waals surface area contributed by atoms with E-state index in [9.17, 15) is 14.4 Å². The number of piperidine rings is 1. The van der Waals surface area contributed by atoms with Gasteiger partial charge >= 0.3 is 0 Å². The smallest absolute Gasteiger partial charge is 0.261 e. The molecule has 2 N–H and O–H groups in total. The van der Waals surface area contributed by atoms with Gasteiger partial charge in [0, 0.05) is 36.1 Å². The van der Waals surface area contributed by atoms with Crippen molar-refractivity contribution in [2.45, 2.75) is 52.0 Å². The third-order valence-electron chi connectivity index (χ3n) is 6.04. The molecule has 0 saturated carbocycles. The number of fused-ring (bicyclic) bond motifs is 1. The Labute approximate surface area is 179 Å². The van der Waals surface area contributed by atoms with Gasteiger partial charge in [0.1, 0.15) is 5.56 Å². The van der Waals surface area contributed by atoms with Crippen LogP contribution in [0.15, 0.2) is 16.2 Å². The van der Waals surface area contributed by atoms with Crippen LogP contribution < -0.4 is 10.9 Å². The Balaban J connectivity index is 1.28. The van der Waals surface area contributed by atoms with Gasteiger partial charge in [-0.15, -0.1) is 11.3 Å². The first-order valence-electron chi connectivity index (χ1n) is 10.8. The summed E-state index contributed by atoms with van der Waals surface area (Å²) < 4.78 is 0. The molecule has 2 aromatic rings. The van der Waals surface area contributed by atoms with Crippen LogP contribution in [0, 0.1) is 5.92 Å². The van der Waals surface area contributed by atoms with Crippen LogP contribution in [0.1, 0.15) is 69.7 Å². The number of hydrogen-bond donors (Lipinski definition) is 2. The molecule has 1 amide bonds. The van der Waals surface area contributed by atoms with Crippen LogP contribution in [0.3, 0.4) is 0 Å². The van der Waals surface area contributed by atoms with Crippen LogP contribution in [0.5, 0.6) is 0 Å². The van der Waals surface area contributed by atoms with Crippen LogP contribution in [0.25, 0.3) is 0 Å². The predicted octanol–water partition coefficient (Wildman–Crippen LogP) is 2.55. The lowest BCUT2D eigenvalue weighted by Crippen LogP contribution is -2.39. The Kier molecular flexibility index (Phi) is 6.43. The van der Waals surface area contributed by atoms with Crippen LogP contribution in [-0.2, 0) is 19.4 Å². The summed E-state index contributed by atoms with van der Waals surface area (Å²) in [6.45, 7) is 5.51. The summed E-state index contributed by atoms with van der Waals surface area (Å²) in [5, 5.41) is 6.23. The second-order valence-electron chi connectivity index (χ2n) is 8.20. The number of aromatic nitrogens is 2. The monoisotopic (exact) mass is 428 g/mol. The summed E-state index contributed by atoms with van der Waals surface area (Å²) in [4.78, 5) is 46.7. The highest BCUT2D eigenvalue weighted by molar-refractivity contribution is 7.09. The Hall–Kier alpha value is -2.32. The number of thiazole rings is 1. The minimum atomic E-state index is -0.412. The van der Waals surface area contributed by atoms with E-state index in [4.69, 9.17) is 0 Å². The number of pyridine rings is 1. The van der Waals surface area contributed by atoms with Crippen LogP contribution >= 0.6 is 11.3 Å². The number of aromatic amines is 1. The van der Waals surface area contributed by atoms with Crippen molar-refractivity contribution in [2.24, 2.45) is 5.92 Å². The first-order chi connectivity index (χ1) is 14.5. The number of nitrogens with one attached hydrogen (secondary N) is 2. The van der Waals surface area contributed by atoms with E-state index in [1.54, 1.807) is 11.3 Å². The highest BCUT2D eigenvalue weighted by atomic mass is 32.1. The maximum absolute atomic E-state index is 12.6. The normalized spacial score (nSPS) is 17.7. The maximum atomic E-state index is 12.6. The zero-order valence-electron chi connectivity index (χ0n) is 17.3. The fraction of sp³-hybridized carbons (Fsp3) is 0.545. The molecular formula is C22H28N4O3S. The number of likely N-dealkylation sites (tertiary alicyclic amines) is 1. The molecular weight excluding hydrogens is 400 g/mol. The first kappa shape index (κ1) is 20.9. The zero-order valence-corrected chi connectivity index (χ0v) is 18.1. The maximum Gasteiger partial charge on any atom is 0.261 e. The summed E-state index contributed by atoms with van der Waals surface area (Å²) in [6.07, 6.45) is 4.88. The van der Waals surface area contributed by atoms with Crippen molar-refractivity contribution in [2.75, 3.05) is 19.6 Å². The zero-order chi connectivity index (χ0) is 21.1. The van der Waals surface area contributed by atoms with Crippen molar-refractivity contribution in [3.63, 3.8) is 0 Å². The van der Waals surface area contributed by atoms with Gasteiger partial charge in [-0.25, -0.2) is 4.98 Å². The second-order valence-corrected chi connectivity index (χ2v) is 9.14. The molecule has 1 aliphatic carbocycles. The molecule has 1 aliphatic heterocycles. The molecule has 7 nitrogen and oxygen atoms in total. The summed E-state index contributed by atoms with van der Waals surface area (Å²) in [5.41, 5.74) is 1.92. The van der Waals surface area contributed by atoms with Gasteiger partial charge in [-0.3, -0.25) is 19.3 Å². The predicted molar refractivity (Wildman–Crippen MR) is 116 cm³/mol. The molecule has 1 fully saturated rings. The number of hydrogen-bond acceptors (Lipinski definition) is 6. The fourth-order valence-corrected chi connectivity index (χ4v) is 4.97. The molecule has 0 radical (unpaired) electrons. The van der Waals surface area contributed by atoms with E-state index in [-0.39, 0.29) is 11.3 Å². The molecule has 0 aromatic carbocycles. The highest BCUT2D eigenvalue weighted by Gasteiger charge is 2.24. The number of ketones is 1. The average molecular weight is 429 g/mol. The number of rotatable bonds is 6. The number of nitrogens with zero attached hydrogens (tertiary/aromatic N) is 2. The van der Waals surface area contributed by atoms with Gasteiger partial charge < -0.3 is 10.3 Å². The van der Waals surface area contributed by atoms with Crippen molar-refractivity contribution < 1.29 is 9.59 Å². The molecule has 8 heteroatoms. The Bertz CT molecular complexity index is 989. The lowest BCUT2D eigenvalue weighted by molar-refractivity contribution is 0.0933. The van der Waals surface area contributed by atoms with Gasteiger partial charge in [0.2, 0.25) is 0 Å². The van der Waals surface area contributed by atoms with Crippen molar-refractivity contribution in [3.8, 4) is 0 Å². The summed E-state index contributed by atoms with van der Waals surface area (Å²) in [7, 11) is 0. The summed E-state index contributed by atoms with van der Waals surface area (Å²) in [5.74, 6) is -0.000287. The molecule has 0 unspecified atom stereocenters. The third kappa shape index (κ3) is 4.70. The SMILES string of the molecule is CCc1nc(CN2CCC(CNC(=O)c3cc4c([nH]c3=O)CCCC4=O)CC2)cs1. The molecule has 1 saturated heterocycles. The van der Waals surface area contributed by atoms with Crippen molar-refractivity contribution in [1.82, 2.24) is 20.2 Å². The van der Waals surface area contributed by atoms with Gasteiger partial charge in [0.05, 0.1) is 10.7 Å². The first-order valence-corrected chi connectivity index (χ1v) is 11.6. The molecule has 0 spiro atoms. The number of carbonyl (C=O) groups is 2. The van der Waals surface area contributed by atoms with E-state index in [0.717, 1.165) is 51.0 Å². The van der Waals surface area contributed by atoms with Crippen LogP contribution in [-0.4, -0.2) is 46.2 Å². The average Bonchev–Trinajstić information content (AvgIpc) is 3.20. The van der Waals surface area contributed by atoms with E-state index in [1.165, 1.54) is 11.1 Å². The number of Topliss-reactive ketones (excluding diaryl/α,β-unsaturated/α-hetero) is 1. The Morgan fingerprint density at radius 2 is 2.10 bits per heavy atom. The van der Waals surface area contributed by atoms with Gasteiger partial charge in [-0.2, -0.15) is 0 Å². The van der Waals surface area contributed by atoms with Crippen LogP contribution in [0.2, 0.25) is 0 Å². The minimum absolute atomic E-state index is 0.0000847. The van der Waals surface area contributed by atoms with E-state index in [1.807, 2.05) is 0 Å². The number of carbonyl (C=O) groups excluding carboxylic acids is 2. The molecule has 0 bridgehead atoms. The molecule has 2 aliphatic rings. The third-order valence-corrected chi connectivity index (χ3v) is 7.09. The van der Waals surface area contributed by atoms with E-state index in [2.05, 4.69) is 32.5 Å². The lowest BCUT2D eigenvalue weighted by atomic mass is 9.93. The largest absolute Gasteiger partial charge is 0.352 e. The highest BCUT2D eigenvalue weighted by Crippen LogP contribution is 2.21. The van der Waals surface area contributed by atoms with E-state index in [0.29, 0.717) is 36.6 Å². The quantitative estimate of drug-likeness (QED) is 0.737. The molecule has 160 valence electrons. The Morgan fingerprint density at radius 3 is 2.83 bits per heavy atom. The molecule has 0 atom stereocenters. The van der Waals surface area contributed by atoms with E-state index >= 15 is 0 Å². The Morgan fingerprint density at radius 1 is 1.30 bits per heavy atom.